The molecule has 0 saturated heterocycles. The van der Waals surface area contributed by atoms with Gasteiger partial charge in [-0.3, -0.25) is 0 Å². The number of allylic oxidation sites excluding steroid dienone is 1. The molecule has 0 aromatic heterocycles. The average Bonchev–Trinajstić information content (AvgIpc) is 1.93. The molecule has 1 aliphatic carbocycles. The predicted octanol–water partition coefficient (Wildman–Crippen LogP) is 2.34. The minimum absolute atomic E-state index is 1.04. The van der Waals surface area contributed by atoms with Gasteiger partial charge in [0.1, 0.15) is 0 Å². The van der Waals surface area contributed by atoms with Crippen molar-refractivity contribution in [3.63, 3.8) is 0 Å². The minimum atomic E-state index is 1.04. The molecule has 1 heteroatoms. The lowest BCUT2D eigenvalue weighted by Crippen LogP contribution is -2.21. The van der Waals surface area contributed by atoms with Gasteiger partial charge in [0.2, 0.25) is 0 Å². The van der Waals surface area contributed by atoms with Crippen LogP contribution in [0.25, 0.3) is 0 Å². The van der Waals surface area contributed by atoms with Crippen molar-refractivity contribution in [2.45, 2.75) is 32.6 Å². The maximum Gasteiger partial charge on any atom is 0.0134 e. The van der Waals surface area contributed by atoms with E-state index in [2.05, 4.69) is 24.4 Å². The van der Waals surface area contributed by atoms with Crippen LogP contribution in [0.1, 0.15) is 32.6 Å². The number of hydrogen-bond donors (Lipinski definition) is 1. The van der Waals surface area contributed by atoms with E-state index in [0.717, 1.165) is 12.5 Å². The fraction of sp³-hybridized carbons (Fsp3) is 0.800. The van der Waals surface area contributed by atoms with Crippen LogP contribution in [-0.4, -0.2) is 13.1 Å². The molecule has 0 atom stereocenters. The van der Waals surface area contributed by atoms with Crippen LogP contribution in [0.5, 0.6) is 0 Å². The molecule has 0 amide bonds. The summed E-state index contributed by atoms with van der Waals surface area (Å²) in [5, 5.41) is 3.40. The van der Waals surface area contributed by atoms with E-state index in [9.17, 15) is 0 Å². The van der Waals surface area contributed by atoms with Crippen LogP contribution in [0.4, 0.5) is 0 Å². The minimum Gasteiger partial charge on any atom is -0.313 e. The summed E-state index contributed by atoms with van der Waals surface area (Å²) < 4.78 is 0. The summed E-state index contributed by atoms with van der Waals surface area (Å²) in [6.45, 7) is 4.31. The largest absolute Gasteiger partial charge is 0.313 e. The van der Waals surface area contributed by atoms with Crippen LogP contribution >= 0.6 is 0 Å². The molecule has 0 unspecified atom stereocenters. The van der Waals surface area contributed by atoms with E-state index in [1.165, 1.54) is 32.2 Å². The van der Waals surface area contributed by atoms with Gasteiger partial charge in [-0.05, 0) is 25.8 Å². The van der Waals surface area contributed by atoms with Crippen LogP contribution in [0, 0.1) is 5.92 Å². The van der Waals surface area contributed by atoms with E-state index in [4.69, 9.17) is 0 Å². The molecule has 1 nitrogen and oxygen atoms in total. The monoisotopic (exact) mass is 153 g/mol. The Morgan fingerprint density at radius 2 is 2.27 bits per heavy atom. The van der Waals surface area contributed by atoms with Crippen LogP contribution in [0.3, 0.4) is 0 Å². The Kier molecular flexibility index (Phi) is 4.29. The van der Waals surface area contributed by atoms with Crippen molar-refractivity contribution in [2.75, 3.05) is 13.1 Å². The van der Waals surface area contributed by atoms with Crippen LogP contribution in [0.2, 0.25) is 0 Å². The third kappa shape index (κ3) is 3.57. The topological polar surface area (TPSA) is 12.0 Å². The summed E-state index contributed by atoms with van der Waals surface area (Å²) in [7, 11) is 0. The van der Waals surface area contributed by atoms with Gasteiger partial charge in [0.15, 0.2) is 0 Å². The Morgan fingerprint density at radius 1 is 1.45 bits per heavy atom. The second-order valence-corrected chi connectivity index (χ2v) is 3.36. The van der Waals surface area contributed by atoms with Gasteiger partial charge in [-0.15, -0.1) is 0 Å². The normalized spacial score (nSPS) is 19.0. The Bertz CT molecular complexity index is 114. The highest BCUT2D eigenvalue weighted by Crippen LogP contribution is 2.28. The van der Waals surface area contributed by atoms with Gasteiger partial charge in [-0.25, -0.2) is 0 Å². The SMILES string of the molecule is C/C=C/CNCCC1CCC1. The molecule has 1 N–H and O–H groups in total. The number of hydrogen-bond acceptors (Lipinski definition) is 1. The van der Waals surface area contributed by atoms with Crippen molar-refractivity contribution in [1.82, 2.24) is 5.32 Å². The smallest absolute Gasteiger partial charge is 0.0134 e. The fourth-order valence-electron chi connectivity index (χ4n) is 1.39. The molecule has 0 heterocycles. The summed E-state index contributed by atoms with van der Waals surface area (Å²) in [5.74, 6) is 1.05. The molecule has 0 spiro atoms. The van der Waals surface area contributed by atoms with Crippen LogP contribution in [0.15, 0.2) is 12.2 Å². The second-order valence-electron chi connectivity index (χ2n) is 3.36. The van der Waals surface area contributed by atoms with Crippen molar-refractivity contribution < 1.29 is 0 Å². The Morgan fingerprint density at radius 3 is 2.82 bits per heavy atom. The van der Waals surface area contributed by atoms with Crippen molar-refractivity contribution in [2.24, 2.45) is 5.92 Å². The molecule has 0 aromatic carbocycles. The summed E-state index contributed by atoms with van der Waals surface area (Å²) in [4.78, 5) is 0. The van der Waals surface area contributed by atoms with Gasteiger partial charge in [0.05, 0.1) is 0 Å². The quantitative estimate of drug-likeness (QED) is 0.472. The number of rotatable bonds is 5. The Balaban J connectivity index is 1.80. The molecule has 1 rings (SSSR count). The molecule has 0 radical (unpaired) electrons. The van der Waals surface area contributed by atoms with E-state index < -0.39 is 0 Å². The Labute approximate surface area is 69.9 Å². The predicted molar refractivity (Wildman–Crippen MR) is 49.6 cm³/mol. The van der Waals surface area contributed by atoms with Crippen LogP contribution in [-0.2, 0) is 0 Å². The molecular formula is C10H19N. The van der Waals surface area contributed by atoms with E-state index in [1.54, 1.807) is 0 Å². The first kappa shape index (κ1) is 8.79. The highest BCUT2D eigenvalue weighted by atomic mass is 14.8. The third-order valence-electron chi connectivity index (χ3n) is 2.45. The van der Waals surface area contributed by atoms with Gasteiger partial charge in [0, 0.05) is 6.54 Å². The molecule has 0 bridgehead atoms. The number of nitrogens with one attached hydrogen (secondary N) is 1. The maximum atomic E-state index is 3.40. The van der Waals surface area contributed by atoms with E-state index in [1.807, 2.05) is 0 Å². The van der Waals surface area contributed by atoms with Crippen molar-refractivity contribution in [3.8, 4) is 0 Å². The van der Waals surface area contributed by atoms with Gasteiger partial charge in [0.25, 0.3) is 0 Å². The standard InChI is InChI=1S/C10H19N/c1-2-3-8-11-9-7-10-5-4-6-10/h2-3,10-11H,4-9H2,1H3/b3-2+. The lowest BCUT2D eigenvalue weighted by atomic mass is 9.83. The molecule has 1 aliphatic rings. The van der Waals surface area contributed by atoms with Crippen LogP contribution < -0.4 is 5.32 Å². The molecule has 0 aliphatic heterocycles. The highest BCUT2D eigenvalue weighted by Gasteiger charge is 2.15. The summed E-state index contributed by atoms with van der Waals surface area (Å²) in [6, 6.07) is 0. The summed E-state index contributed by atoms with van der Waals surface area (Å²) >= 11 is 0. The maximum absolute atomic E-state index is 3.40. The van der Waals surface area contributed by atoms with E-state index in [0.29, 0.717) is 0 Å². The second kappa shape index (κ2) is 5.36. The molecule has 0 aromatic rings. The molecule has 11 heavy (non-hydrogen) atoms. The van der Waals surface area contributed by atoms with Gasteiger partial charge < -0.3 is 5.32 Å². The molecule has 1 fully saturated rings. The first-order valence-electron chi connectivity index (χ1n) is 4.75. The van der Waals surface area contributed by atoms with Crippen molar-refractivity contribution in [1.29, 1.82) is 0 Å². The molecule has 64 valence electrons. The zero-order chi connectivity index (χ0) is 7.94. The fourth-order valence-corrected chi connectivity index (χ4v) is 1.39. The first-order valence-corrected chi connectivity index (χ1v) is 4.75. The van der Waals surface area contributed by atoms with Gasteiger partial charge >= 0.3 is 0 Å². The highest BCUT2D eigenvalue weighted by molar-refractivity contribution is 4.79. The molecule has 1 saturated carbocycles. The lowest BCUT2D eigenvalue weighted by molar-refractivity contribution is 0.293. The van der Waals surface area contributed by atoms with Crippen molar-refractivity contribution >= 4 is 0 Å². The van der Waals surface area contributed by atoms with E-state index in [-0.39, 0.29) is 0 Å². The summed E-state index contributed by atoms with van der Waals surface area (Å²) in [6.07, 6.45) is 10.1. The lowest BCUT2D eigenvalue weighted by Gasteiger charge is -2.24. The Hall–Kier alpha value is -0.300. The zero-order valence-electron chi connectivity index (χ0n) is 7.47. The van der Waals surface area contributed by atoms with Crippen molar-refractivity contribution in [3.05, 3.63) is 12.2 Å². The third-order valence-corrected chi connectivity index (χ3v) is 2.45. The van der Waals surface area contributed by atoms with Gasteiger partial charge in [-0.2, -0.15) is 0 Å². The first-order chi connectivity index (χ1) is 5.43. The summed E-state index contributed by atoms with van der Waals surface area (Å²) in [5.41, 5.74) is 0. The van der Waals surface area contributed by atoms with Gasteiger partial charge in [-0.1, -0.05) is 31.4 Å². The molecular weight excluding hydrogens is 134 g/mol. The average molecular weight is 153 g/mol. The van der Waals surface area contributed by atoms with E-state index >= 15 is 0 Å². The zero-order valence-corrected chi connectivity index (χ0v) is 7.47.